The lowest BCUT2D eigenvalue weighted by atomic mass is 10.5. The molecule has 3 heteroatoms. The summed E-state index contributed by atoms with van der Waals surface area (Å²) in [7, 11) is 1.52. The van der Waals surface area contributed by atoms with Crippen LogP contribution < -0.4 is 0 Å². The molecule has 0 fully saturated rings. The number of rotatable bonds is 2. The van der Waals surface area contributed by atoms with Crippen molar-refractivity contribution >= 4 is 17.6 Å². The number of hydrogen-bond donors (Lipinski definition) is 0. The Labute approximate surface area is 57.8 Å². The summed E-state index contributed by atoms with van der Waals surface area (Å²) in [5.41, 5.74) is 0. The summed E-state index contributed by atoms with van der Waals surface area (Å²) in [4.78, 5) is 5.53. The van der Waals surface area contributed by atoms with Crippen LogP contribution in [-0.2, 0) is 4.84 Å². The zero-order chi connectivity index (χ0) is 6.53. The Morgan fingerprint density at radius 2 is 2.78 bits per heavy atom. The van der Waals surface area contributed by atoms with Crippen LogP contribution in [0.1, 0.15) is 4.88 Å². The van der Waals surface area contributed by atoms with E-state index in [0.29, 0.717) is 0 Å². The quantitative estimate of drug-likeness (QED) is 0.451. The topological polar surface area (TPSA) is 21.6 Å². The summed E-state index contributed by atoms with van der Waals surface area (Å²) >= 11 is 1.51. The van der Waals surface area contributed by atoms with Gasteiger partial charge in [0.2, 0.25) is 0 Å². The Bertz CT molecular complexity index is 181. The molecule has 1 aromatic rings. The standard InChI is InChI=1S/C6H6NOS/c1-8-7-5-6-3-2-4-9-6/h2-3,5H,1H3. The zero-order valence-electron chi connectivity index (χ0n) is 5.00. The van der Waals surface area contributed by atoms with Crippen molar-refractivity contribution in [3.8, 4) is 0 Å². The average molecular weight is 140 g/mol. The van der Waals surface area contributed by atoms with E-state index >= 15 is 0 Å². The molecule has 1 rings (SSSR count). The smallest absolute Gasteiger partial charge is 0.106 e. The lowest BCUT2D eigenvalue weighted by Gasteiger charge is -1.81. The molecule has 0 saturated heterocycles. The fraction of sp³-hybridized carbons (Fsp3) is 0.167. The highest BCUT2D eigenvalue weighted by Gasteiger charge is 1.84. The number of oxime groups is 1. The third-order valence-electron chi connectivity index (χ3n) is 0.778. The fourth-order valence-electron chi connectivity index (χ4n) is 0.426. The molecule has 0 atom stereocenters. The van der Waals surface area contributed by atoms with E-state index < -0.39 is 0 Å². The highest BCUT2D eigenvalue weighted by molar-refractivity contribution is 7.11. The maximum absolute atomic E-state index is 4.48. The van der Waals surface area contributed by atoms with Gasteiger partial charge in [-0.05, 0) is 12.1 Å². The third-order valence-corrected chi connectivity index (χ3v) is 1.51. The van der Waals surface area contributed by atoms with Gasteiger partial charge in [-0.1, -0.05) is 5.16 Å². The van der Waals surface area contributed by atoms with Crippen LogP contribution >= 0.6 is 11.3 Å². The minimum absolute atomic E-state index is 1.05. The van der Waals surface area contributed by atoms with Crippen LogP contribution in [0.4, 0.5) is 0 Å². The van der Waals surface area contributed by atoms with Gasteiger partial charge in [-0.2, -0.15) is 0 Å². The first-order chi connectivity index (χ1) is 4.43. The van der Waals surface area contributed by atoms with E-state index in [9.17, 15) is 0 Å². The average Bonchev–Trinajstić information content (AvgIpc) is 2.34. The maximum Gasteiger partial charge on any atom is 0.106 e. The van der Waals surface area contributed by atoms with E-state index in [0.717, 1.165) is 4.88 Å². The van der Waals surface area contributed by atoms with E-state index in [1.807, 2.05) is 12.1 Å². The molecule has 2 nitrogen and oxygen atoms in total. The van der Waals surface area contributed by atoms with E-state index in [1.165, 1.54) is 18.4 Å². The van der Waals surface area contributed by atoms with Crippen molar-refractivity contribution in [2.24, 2.45) is 5.16 Å². The first-order valence-electron chi connectivity index (χ1n) is 2.46. The second-order valence-corrected chi connectivity index (χ2v) is 2.28. The van der Waals surface area contributed by atoms with Crippen molar-refractivity contribution in [2.75, 3.05) is 7.11 Å². The fourth-order valence-corrected chi connectivity index (χ4v) is 0.930. The summed E-state index contributed by atoms with van der Waals surface area (Å²) < 4.78 is 0. The molecule has 0 N–H and O–H groups in total. The molecule has 0 aliphatic rings. The van der Waals surface area contributed by atoms with Gasteiger partial charge in [0.1, 0.15) is 7.11 Å². The summed E-state index contributed by atoms with van der Waals surface area (Å²) in [6, 6.07) is 3.77. The first-order valence-corrected chi connectivity index (χ1v) is 3.27. The monoisotopic (exact) mass is 140 g/mol. The van der Waals surface area contributed by atoms with E-state index in [-0.39, 0.29) is 0 Å². The van der Waals surface area contributed by atoms with Crippen LogP contribution in [0.15, 0.2) is 17.3 Å². The third kappa shape index (κ3) is 1.85. The van der Waals surface area contributed by atoms with E-state index in [4.69, 9.17) is 0 Å². The van der Waals surface area contributed by atoms with Crippen LogP contribution in [0.25, 0.3) is 0 Å². The molecule has 1 aromatic heterocycles. The van der Waals surface area contributed by atoms with Crippen LogP contribution in [0.2, 0.25) is 0 Å². The van der Waals surface area contributed by atoms with Crippen LogP contribution in [0.5, 0.6) is 0 Å². The number of hydrogen-bond acceptors (Lipinski definition) is 3. The van der Waals surface area contributed by atoms with Crippen molar-refractivity contribution in [2.45, 2.75) is 0 Å². The van der Waals surface area contributed by atoms with Gasteiger partial charge in [0, 0.05) is 10.3 Å². The van der Waals surface area contributed by atoms with Crippen molar-refractivity contribution in [3.63, 3.8) is 0 Å². The van der Waals surface area contributed by atoms with Gasteiger partial charge in [0.05, 0.1) is 6.21 Å². The van der Waals surface area contributed by atoms with E-state index in [1.54, 1.807) is 6.21 Å². The molecule has 0 bridgehead atoms. The Morgan fingerprint density at radius 1 is 1.89 bits per heavy atom. The van der Waals surface area contributed by atoms with Crippen molar-refractivity contribution in [3.05, 3.63) is 22.4 Å². The van der Waals surface area contributed by atoms with Crippen LogP contribution in [0.3, 0.4) is 0 Å². The molecule has 47 valence electrons. The Kier molecular flexibility index (Phi) is 2.27. The van der Waals surface area contributed by atoms with E-state index in [2.05, 4.69) is 15.4 Å². The largest absolute Gasteiger partial charge is 0.399 e. The zero-order valence-corrected chi connectivity index (χ0v) is 5.81. The molecule has 0 aliphatic heterocycles. The van der Waals surface area contributed by atoms with Gasteiger partial charge in [0.15, 0.2) is 0 Å². The first kappa shape index (κ1) is 6.29. The van der Waals surface area contributed by atoms with Crippen LogP contribution in [0, 0.1) is 5.38 Å². The van der Waals surface area contributed by atoms with Crippen molar-refractivity contribution in [1.82, 2.24) is 0 Å². The Morgan fingerprint density at radius 3 is 3.33 bits per heavy atom. The molecule has 0 aliphatic carbocycles. The molecule has 0 spiro atoms. The minimum Gasteiger partial charge on any atom is -0.399 e. The van der Waals surface area contributed by atoms with Gasteiger partial charge in [-0.25, -0.2) is 0 Å². The van der Waals surface area contributed by atoms with Gasteiger partial charge in [0.25, 0.3) is 0 Å². The second-order valence-electron chi connectivity index (χ2n) is 1.37. The normalized spacial score (nSPS) is 10.3. The predicted molar refractivity (Wildman–Crippen MR) is 37.8 cm³/mol. The van der Waals surface area contributed by atoms with Gasteiger partial charge < -0.3 is 4.84 Å². The van der Waals surface area contributed by atoms with Crippen molar-refractivity contribution in [1.29, 1.82) is 0 Å². The number of thiophene rings is 1. The minimum atomic E-state index is 1.05. The van der Waals surface area contributed by atoms with Crippen LogP contribution in [-0.4, -0.2) is 13.3 Å². The van der Waals surface area contributed by atoms with Gasteiger partial charge >= 0.3 is 0 Å². The Balaban J connectivity index is 2.57. The lowest BCUT2D eigenvalue weighted by Crippen LogP contribution is -1.72. The number of nitrogens with zero attached hydrogens (tertiary/aromatic N) is 1. The Hall–Kier alpha value is -0.830. The summed E-state index contributed by atoms with van der Waals surface area (Å²) in [5, 5.41) is 6.51. The molecule has 1 heterocycles. The highest BCUT2D eigenvalue weighted by atomic mass is 32.1. The molecule has 0 amide bonds. The van der Waals surface area contributed by atoms with Gasteiger partial charge in [-0.15, -0.1) is 11.3 Å². The second kappa shape index (κ2) is 3.25. The molecule has 9 heavy (non-hydrogen) atoms. The molecule has 0 unspecified atom stereocenters. The molecule has 0 saturated carbocycles. The molecular formula is C6H6NOS. The summed E-state index contributed by atoms with van der Waals surface area (Å²) in [6.45, 7) is 0. The summed E-state index contributed by atoms with van der Waals surface area (Å²) in [5.74, 6) is 0. The molecule has 1 radical (unpaired) electrons. The predicted octanol–water partition coefficient (Wildman–Crippen LogP) is 1.53. The SMILES string of the molecule is CON=Cc1cc[c]s1. The highest BCUT2D eigenvalue weighted by Crippen LogP contribution is 2.03. The van der Waals surface area contributed by atoms with Gasteiger partial charge in [-0.3, -0.25) is 0 Å². The molecular weight excluding hydrogens is 134 g/mol. The molecule has 0 aromatic carbocycles. The maximum atomic E-state index is 4.48. The van der Waals surface area contributed by atoms with Crippen molar-refractivity contribution < 1.29 is 4.84 Å². The summed E-state index contributed by atoms with van der Waals surface area (Å²) in [6.07, 6.45) is 1.65. The lowest BCUT2D eigenvalue weighted by molar-refractivity contribution is 0.215.